The summed E-state index contributed by atoms with van der Waals surface area (Å²) in [5.41, 5.74) is 3.13. The van der Waals surface area contributed by atoms with E-state index in [4.69, 9.17) is 4.42 Å². The highest BCUT2D eigenvalue weighted by atomic mass is 16.4. The number of aryl methyl sites for hydroxylation is 2. The van der Waals surface area contributed by atoms with Crippen LogP contribution >= 0.6 is 0 Å². The van der Waals surface area contributed by atoms with E-state index in [1.807, 2.05) is 51.1 Å². The minimum Gasteiger partial charge on any atom is -0.422 e. The van der Waals surface area contributed by atoms with Crippen LogP contribution in [-0.2, 0) is 0 Å². The second kappa shape index (κ2) is 6.32. The van der Waals surface area contributed by atoms with Crippen molar-refractivity contribution in [1.29, 1.82) is 0 Å². The van der Waals surface area contributed by atoms with Crippen LogP contribution in [0.1, 0.15) is 40.0 Å². The van der Waals surface area contributed by atoms with Gasteiger partial charge >= 0.3 is 5.63 Å². The first kappa shape index (κ1) is 16.0. The zero-order valence-corrected chi connectivity index (χ0v) is 13.9. The third kappa shape index (κ3) is 3.08. The molecule has 1 heterocycles. The Morgan fingerprint density at radius 3 is 2.62 bits per heavy atom. The Bertz CT molecular complexity index is 972. The van der Waals surface area contributed by atoms with Gasteiger partial charge in [0.2, 0.25) is 0 Å². The molecule has 4 nitrogen and oxygen atoms in total. The van der Waals surface area contributed by atoms with Crippen molar-refractivity contribution in [1.82, 2.24) is 5.32 Å². The summed E-state index contributed by atoms with van der Waals surface area (Å²) in [7, 11) is 0. The number of nitrogens with one attached hydrogen (secondary N) is 1. The van der Waals surface area contributed by atoms with E-state index in [0.717, 1.165) is 22.1 Å². The second-order valence-electron chi connectivity index (χ2n) is 6.04. The van der Waals surface area contributed by atoms with Crippen molar-refractivity contribution in [2.75, 3.05) is 0 Å². The lowest BCUT2D eigenvalue weighted by atomic mass is 10.00. The van der Waals surface area contributed by atoms with Crippen molar-refractivity contribution in [2.45, 2.75) is 26.8 Å². The van der Waals surface area contributed by atoms with Crippen LogP contribution in [0.25, 0.3) is 11.0 Å². The average molecular weight is 321 g/mol. The maximum absolute atomic E-state index is 12.5. The first-order chi connectivity index (χ1) is 11.5. The summed E-state index contributed by atoms with van der Waals surface area (Å²) in [6, 6.07) is 14.6. The highest BCUT2D eigenvalue weighted by molar-refractivity contribution is 5.96. The highest BCUT2D eigenvalue weighted by Gasteiger charge is 2.17. The van der Waals surface area contributed by atoms with Crippen molar-refractivity contribution in [2.24, 2.45) is 0 Å². The highest BCUT2D eigenvalue weighted by Crippen LogP contribution is 2.19. The summed E-state index contributed by atoms with van der Waals surface area (Å²) >= 11 is 0. The molecule has 2 aromatic carbocycles. The average Bonchev–Trinajstić information content (AvgIpc) is 2.56. The fourth-order valence-electron chi connectivity index (χ4n) is 2.80. The number of benzene rings is 2. The molecule has 1 atom stereocenters. The lowest BCUT2D eigenvalue weighted by molar-refractivity contribution is 0.0936. The van der Waals surface area contributed by atoms with Crippen LogP contribution in [0.3, 0.4) is 0 Å². The molecule has 0 spiro atoms. The molecule has 3 rings (SSSR count). The summed E-state index contributed by atoms with van der Waals surface area (Å²) in [6.07, 6.45) is 0. The molecule has 0 fully saturated rings. The number of rotatable bonds is 3. The Morgan fingerprint density at radius 2 is 1.83 bits per heavy atom. The van der Waals surface area contributed by atoms with Crippen LogP contribution in [0.5, 0.6) is 0 Å². The van der Waals surface area contributed by atoms with Gasteiger partial charge in [-0.3, -0.25) is 4.79 Å². The van der Waals surface area contributed by atoms with Gasteiger partial charge < -0.3 is 9.73 Å². The van der Waals surface area contributed by atoms with Gasteiger partial charge in [-0.2, -0.15) is 0 Å². The van der Waals surface area contributed by atoms with Crippen LogP contribution in [0.2, 0.25) is 0 Å². The van der Waals surface area contributed by atoms with E-state index in [2.05, 4.69) is 5.32 Å². The molecule has 0 aliphatic rings. The van der Waals surface area contributed by atoms with Crippen molar-refractivity contribution in [3.8, 4) is 0 Å². The van der Waals surface area contributed by atoms with Crippen LogP contribution in [0, 0.1) is 13.8 Å². The molecule has 0 saturated carbocycles. The van der Waals surface area contributed by atoms with Crippen LogP contribution in [0.4, 0.5) is 0 Å². The lowest BCUT2D eigenvalue weighted by Crippen LogP contribution is -2.30. The summed E-state index contributed by atoms with van der Waals surface area (Å²) in [5.74, 6) is -0.428. The normalized spacial score (nSPS) is 12.1. The number of hydrogen-bond donors (Lipinski definition) is 1. The van der Waals surface area contributed by atoms with Gasteiger partial charge in [-0.25, -0.2) is 4.79 Å². The molecule has 1 amide bonds. The number of carbonyl (C=O) groups excluding carboxylic acids is 1. The quantitative estimate of drug-likeness (QED) is 0.744. The zero-order valence-electron chi connectivity index (χ0n) is 13.9. The van der Waals surface area contributed by atoms with Gasteiger partial charge in [0, 0.05) is 5.39 Å². The maximum atomic E-state index is 12.5. The molecule has 24 heavy (non-hydrogen) atoms. The van der Waals surface area contributed by atoms with Gasteiger partial charge in [-0.15, -0.1) is 0 Å². The van der Waals surface area contributed by atoms with Crippen molar-refractivity contribution in [3.05, 3.63) is 81.2 Å². The molecular formula is C20H19NO3. The fraction of sp³-hybridized carbons (Fsp3) is 0.200. The van der Waals surface area contributed by atoms with Crippen LogP contribution in [0.15, 0.2) is 57.7 Å². The number of fused-ring (bicyclic) bond motifs is 1. The standard InChI is InChI=1S/C20H19NO3/c1-12-8-9-13(2)16(10-12)14(3)21-19(22)17-11-15-6-4-5-7-18(15)24-20(17)23/h4-11,14H,1-3H3,(H,21,22). The van der Waals surface area contributed by atoms with E-state index < -0.39 is 11.5 Å². The number of amides is 1. The van der Waals surface area contributed by atoms with E-state index in [9.17, 15) is 9.59 Å². The molecule has 1 N–H and O–H groups in total. The Labute approximate surface area is 140 Å². The minimum atomic E-state index is -0.626. The topological polar surface area (TPSA) is 59.3 Å². The van der Waals surface area contributed by atoms with Crippen molar-refractivity contribution in [3.63, 3.8) is 0 Å². The maximum Gasteiger partial charge on any atom is 0.349 e. The predicted octanol–water partition coefficient (Wildman–Crippen LogP) is 3.90. The first-order valence-corrected chi connectivity index (χ1v) is 7.86. The number of hydrogen-bond acceptors (Lipinski definition) is 3. The number of para-hydroxylation sites is 1. The molecule has 0 radical (unpaired) electrons. The van der Waals surface area contributed by atoms with E-state index in [1.165, 1.54) is 0 Å². The van der Waals surface area contributed by atoms with Crippen molar-refractivity contribution < 1.29 is 9.21 Å². The van der Waals surface area contributed by atoms with Gasteiger partial charge in [-0.1, -0.05) is 42.0 Å². The van der Waals surface area contributed by atoms with E-state index >= 15 is 0 Å². The molecule has 0 aliphatic carbocycles. The van der Waals surface area contributed by atoms with Crippen molar-refractivity contribution >= 4 is 16.9 Å². The first-order valence-electron chi connectivity index (χ1n) is 7.86. The Kier molecular flexibility index (Phi) is 4.21. The zero-order chi connectivity index (χ0) is 17.3. The van der Waals surface area contributed by atoms with Gasteiger partial charge in [0.15, 0.2) is 0 Å². The van der Waals surface area contributed by atoms with E-state index in [-0.39, 0.29) is 11.6 Å². The largest absolute Gasteiger partial charge is 0.422 e. The summed E-state index contributed by atoms with van der Waals surface area (Å²) in [5, 5.41) is 3.61. The van der Waals surface area contributed by atoms with E-state index in [0.29, 0.717) is 5.58 Å². The SMILES string of the molecule is Cc1ccc(C)c(C(C)NC(=O)c2cc3ccccc3oc2=O)c1. The van der Waals surface area contributed by atoms with Gasteiger partial charge in [0.25, 0.3) is 5.91 Å². The predicted molar refractivity (Wildman–Crippen MR) is 94.3 cm³/mol. The Hall–Kier alpha value is -2.88. The van der Waals surface area contributed by atoms with Crippen LogP contribution < -0.4 is 10.9 Å². The fourth-order valence-corrected chi connectivity index (χ4v) is 2.80. The third-order valence-electron chi connectivity index (χ3n) is 4.13. The molecule has 1 unspecified atom stereocenters. The van der Waals surface area contributed by atoms with Crippen LogP contribution in [-0.4, -0.2) is 5.91 Å². The summed E-state index contributed by atoms with van der Waals surface area (Å²) in [6.45, 7) is 5.92. The molecule has 0 bridgehead atoms. The summed E-state index contributed by atoms with van der Waals surface area (Å²) in [4.78, 5) is 24.6. The van der Waals surface area contributed by atoms with Gasteiger partial charge in [0.05, 0.1) is 6.04 Å². The molecule has 1 aromatic heterocycles. The Balaban J connectivity index is 1.91. The minimum absolute atomic E-state index is 0.0193. The molecule has 3 aromatic rings. The Morgan fingerprint density at radius 1 is 1.08 bits per heavy atom. The van der Waals surface area contributed by atoms with E-state index in [1.54, 1.807) is 18.2 Å². The molecule has 0 saturated heterocycles. The van der Waals surface area contributed by atoms with Gasteiger partial charge in [-0.05, 0) is 44.0 Å². The van der Waals surface area contributed by atoms with Gasteiger partial charge in [0.1, 0.15) is 11.1 Å². The molecule has 4 heteroatoms. The molecular weight excluding hydrogens is 302 g/mol. The summed E-state index contributed by atoms with van der Waals surface area (Å²) < 4.78 is 5.23. The third-order valence-corrected chi connectivity index (χ3v) is 4.13. The molecule has 122 valence electrons. The molecule has 0 aliphatic heterocycles. The number of carbonyl (C=O) groups is 1. The second-order valence-corrected chi connectivity index (χ2v) is 6.04. The lowest BCUT2D eigenvalue weighted by Gasteiger charge is -2.17. The smallest absolute Gasteiger partial charge is 0.349 e. The monoisotopic (exact) mass is 321 g/mol.